The quantitative estimate of drug-likeness (QED) is 0.450. The first-order valence-corrected chi connectivity index (χ1v) is 9.53. The van der Waals surface area contributed by atoms with Crippen LogP contribution in [0, 0.1) is 0 Å². The summed E-state index contributed by atoms with van der Waals surface area (Å²) in [6, 6.07) is 14.5. The van der Waals surface area contributed by atoms with Crippen LogP contribution in [0.4, 0.5) is 11.4 Å². The van der Waals surface area contributed by atoms with Crippen LogP contribution in [0.1, 0.15) is 0 Å². The summed E-state index contributed by atoms with van der Waals surface area (Å²) in [4.78, 5) is 14.1. The number of rotatable bonds is 5. The first-order chi connectivity index (χ1) is 12.5. The van der Waals surface area contributed by atoms with E-state index in [4.69, 9.17) is 38.7 Å². The molecule has 134 valence electrons. The Bertz CT molecular complexity index is 1010. The predicted octanol–water partition coefficient (Wildman–Crippen LogP) is 4.60. The molecule has 26 heavy (non-hydrogen) atoms. The molecule has 0 amide bonds. The zero-order chi connectivity index (χ0) is 18.7. The molecule has 0 aliphatic carbocycles. The normalized spacial score (nSPS) is 10.7. The molecule has 0 atom stereocenters. The lowest BCUT2D eigenvalue weighted by Crippen LogP contribution is -2.31. The maximum atomic E-state index is 12.4. The third kappa shape index (κ3) is 3.70. The van der Waals surface area contributed by atoms with Crippen LogP contribution in [0.2, 0.25) is 5.02 Å². The van der Waals surface area contributed by atoms with Gasteiger partial charge in [0.2, 0.25) is 0 Å². The van der Waals surface area contributed by atoms with Gasteiger partial charge in [-0.05, 0) is 36.5 Å². The van der Waals surface area contributed by atoms with Gasteiger partial charge in [0.05, 0.1) is 5.39 Å². The SMILES string of the molecule is NC(=S)N(c1ccccc1)c1ccc2c(Cl)c(OCCBr)oc(=O)c2c1. The van der Waals surface area contributed by atoms with E-state index in [1.165, 1.54) is 0 Å². The van der Waals surface area contributed by atoms with Gasteiger partial charge >= 0.3 is 11.6 Å². The summed E-state index contributed by atoms with van der Waals surface area (Å²) < 4.78 is 10.6. The molecule has 5 nitrogen and oxygen atoms in total. The van der Waals surface area contributed by atoms with Crippen LogP contribution in [0.3, 0.4) is 0 Å². The Morgan fingerprint density at radius 3 is 2.58 bits per heavy atom. The fourth-order valence-corrected chi connectivity index (χ4v) is 3.16. The van der Waals surface area contributed by atoms with E-state index >= 15 is 0 Å². The molecule has 1 heterocycles. The smallest absolute Gasteiger partial charge is 0.346 e. The summed E-state index contributed by atoms with van der Waals surface area (Å²) in [5, 5.41) is 1.84. The molecule has 3 rings (SSSR count). The summed E-state index contributed by atoms with van der Waals surface area (Å²) >= 11 is 14.7. The summed E-state index contributed by atoms with van der Waals surface area (Å²) in [6.07, 6.45) is 0. The number of anilines is 2. The molecule has 8 heteroatoms. The average molecular weight is 454 g/mol. The lowest BCUT2D eigenvalue weighted by molar-refractivity contribution is 0.249. The van der Waals surface area contributed by atoms with Crippen LogP contribution in [0.15, 0.2) is 57.7 Å². The van der Waals surface area contributed by atoms with Crippen LogP contribution in [0.25, 0.3) is 10.8 Å². The number of nitrogens with two attached hydrogens (primary N) is 1. The van der Waals surface area contributed by atoms with E-state index in [1.54, 1.807) is 23.1 Å². The highest BCUT2D eigenvalue weighted by Crippen LogP contribution is 2.34. The van der Waals surface area contributed by atoms with Gasteiger partial charge in [0, 0.05) is 22.1 Å². The molecule has 0 radical (unpaired) electrons. The molecule has 0 spiro atoms. The highest BCUT2D eigenvalue weighted by molar-refractivity contribution is 9.09. The zero-order valence-electron chi connectivity index (χ0n) is 13.4. The second kappa shape index (κ2) is 8.07. The van der Waals surface area contributed by atoms with Crippen molar-refractivity contribution in [3.63, 3.8) is 0 Å². The molecule has 0 saturated heterocycles. The largest absolute Gasteiger partial charge is 0.463 e. The number of hydrogen-bond acceptors (Lipinski definition) is 4. The van der Waals surface area contributed by atoms with E-state index in [2.05, 4.69) is 15.9 Å². The molecular formula is C18H14BrClN2O3S. The third-order valence-electron chi connectivity index (χ3n) is 3.63. The summed E-state index contributed by atoms with van der Waals surface area (Å²) in [7, 11) is 0. The second-order valence-electron chi connectivity index (χ2n) is 5.27. The van der Waals surface area contributed by atoms with Gasteiger partial charge in [-0.25, -0.2) is 4.79 Å². The van der Waals surface area contributed by atoms with Crippen molar-refractivity contribution in [3.8, 4) is 5.95 Å². The third-order valence-corrected chi connectivity index (χ3v) is 4.49. The number of benzene rings is 2. The van der Waals surface area contributed by atoms with Gasteiger partial charge in [-0.3, -0.25) is 4.90 Å². The number of para-hydroxylation sites is 1. The van der Waals surface area contributed by atoms with Crippen LogP contribution in [-0.2, 0) is 0 Å². The standard InChI is InChI=1S/C18H14BrClN2O3S/c19-8-9-24-17-15(20)13-7-6-12(10-14(13)16(23)25-17)22(18(21)26)11-4-2-1-3-5-11/h1-7,10H,8-9H2,(H2,21,26). The van der Waals surface area contributed by atoms with Gasteiger partial charge in [0.1, 0.15) is 11.6 Å². The first-order valence-electron chi connectivity index (χ1n) is 7.62. The van der Waals surface area contributed by atoms with Crippen LogP contribution in [0.5, 0.6) is 5.95 Å². The van der Waals surface area contributed by atoms with Crippen molar-refractivity contribution in [2.75, 3.05) is 16.8 Å². The van der Waals surface area contributed by atoms with E-state index in [1.807, 2.05) is 30.3 Å². The van der Waals surface area contributed by atoms with Crippen molar-refractivity contribution < 1.29 is 9.15 Å². The van der Waals surface area contributed by atoms with Gasteiger partial charge < -0.3 is 14.9 Å². The van der Waals surface area contributed by atoms with Gasteiger partial charge in [-0.15, -0.1) is 0 Å². The first kappa shape index (κ1) is 18.7. The summed E-state index contributed by atoms with van der Waals surface area (Å²) in [5.41, 5.74) is 6.77. The van der Waals surface area contributed by atoms with Gasteiger partial charge in [0.25, 0.3) is 0 Å². The molecule has 0 aliphatic rings. The fraction of sp³-hybridized carbons (Fsp3) is 0.111. The predicted molar refractivity (Wildman–Crippen MR) is 112 cm³/mol. The molecule has 0 saturated carbocycles. The minimum absolute atomic E-state index is 0.00521. The number of fused-ring (bicyclic) bond motifs is 1. The van der Waals surface area contributed by atoms with Crippen molar-refractivity contribution >= 4 is 67.0 Å². The molecule has 0 aliphatic heterocycles. The number of thiocarbonyl (C=S) groups is 1. The van der Waals surface area contributed by atoms with Crippen LogP contribution < -0.4 is 21.0 Å². The summed E-state index contributed by atoms with van der Waals surface area (Å²) in [6.45, 7) is 0.329. The number of hydrogen-bond donors (Lipinski definition) is 1. The second-order valence-corrected chi connectivity index (χ2v) is 6.86. The van der Waals surface area contributed by atoms with E-state index in [0.717, 1.165) is 5.69 Å². The van der Waals surface area contributed by atoms with Crippen molar-refractivity contribution in [1.29, 1.82) is 0 Å². The topological polar surface area (TPSA) is 68.7 Å². The van der Waals surface area contributed by atoms with Crippen LogP contribution in [-0.4, -0.2) is 17.0 Å². The maximum Gasteiger partial charge on any atom is 0.346 e. The molecule has 0 fully saturated rings. The van der Waals surface area contributed by atoms with E-state index in [9.17, 15) is 4.79 Å². The minimum atomic E-state index is -0.549. The van der Waals surface area contributed by atoms with E-state index < -0.39 is 5.63 Å². The minimum Gasteiger partial charge on any atom is -0.463 e. The lowest BCUT2D eigenvalue weighted by atomic mass is 10.1. The Morgan fingerprint density at radius 1 is 1.19 bits per heavy atom. The Labute approximate surface area is 168 Å². The van der Waals surface area contributed by atoms with Crippen molar-refractivity contribution in [2.45, 2.75) is 0 Å². The molecule has 2 aromatic carbocycles. The van der Waals surface area contributed by atoms with Gasteiger partial charge in [-0.1, -0.05) is 51.8 Å². The van der Waals surface area contributed by atoms with E-state index in [-0.39, 0.29) is 16.1 Å². The van der Waals surface area contributed by atoms with Crippen LogP contribution >= 0.6 is 39.7 Å². The Hall–Kier alpha value is -2.09. The highest BCUT2D eigenvalue weighted by atomic mass is 79.9. The van der Waals surface area contributed by atoms with Crippen molar-refractivity contribution in [1.82, 2.24) is 0 Å². The van der Waals surface area contributed by atoms with E-state index in [0.29, 0.717) is 28.4 Å². The Balaban J connectivity index is 2.13. The molecule has 0 unspecified atom stereocenters. The molecule has 3 aromatic rings. The van der Waals surface area contributed by atoms with Gasteiger partial charge in [-0.2, -0.15) is 0 Å². The van der Waals surface area contributed by atoms with Gasteiger partial charge in [0.15, 0.2) is 5.11 Å². The number of nitrogens with zero attached hydrogens (tertiary/aromatic N) is 1. The average Bonchev–Trinajstić information content (AvgIpc) is 2.64. The highest BCUT2D eigenvalue weighted by Gasteiger charge is 2.17. The van der Waals surface area contributed by atoms with Crippen molar-refractivity contribution in [3.05, 3.63) is 64.0 Å². The Kier molecular flexibility index (Phi) is 5.80. The maximum absolute atomic E-state index is 12.4. The molecule has 0 bridgehead atoms. The lowest BCUT2D eigenvalue weighted by Gasteiger charge is -2.23. The summed E-state index contributed by atoms with van der Waals surface area (Å²) in [5.74, 6) is 0.00521. The Morgan fingerprint density at radius 2 is 1.92 bits per heavy atom. The van der Waals surface area contributed by atoms with Crippen molar-refractivity contribution in [2.24, 2.45) is 5.73 Å². The molecule has 2 N–H and O–H groups in total. The number of ether oxygens (including phenoxy) is 1. The number of halogens is 2. The number of alkyl halides is 1. The fourth-order valence-electron chi connectivity index (χ4n) is 2.53. The molecule has 1 aromatic heterocycles. The zero-order valence-corrected chi connectivity index (χ0v) is 16.6. The monoisotopic (exact) mass is 452 g/mol. The molecular weight excluding hydrogens is 440 g/mol.